The van der Waals surface area contributed by atoms with Crippen molar-refractivity contribution in [2.75, 3.05) is 0 Å². The minimum absolute atomic E-state index is 0.00514. The molecule has 1 fully saturated rings. The Hall–Kier alpha value is -2.06. The van der Waals surface area contributed by atoms with E-state index < -0.39 is 40.5 Å². The number of hydrogen-bond donors (Lipinski definition) is 2. The second-order valence-corrected chi connectivity index (χ2v) is 6.20. The van der Waals surface area contributed by atoms with Crippen molar-refractivity contribution in [2.24, 2.45) is 5.92 Å². The van der Waals surface area contributed by atoms with Crippen molar-refractivity contribution in [3.8, 4) is 5.75 Å². The van der Waals surface area contributed by atoms with E-state index in [1.54, 1.807) is 0 Å². The number of nitrogens with zero attached hydrogens (tertiary/aromatic N) is 1. The van der Waals surface area contributed by atoms with E-state index in [2.05, 4.69) is 0 Å². The molecule has 2 N–H and O–H groups in total. The highest BCUT2D eigenvalue weighted by Gasteiger charge is 2.55. The SMILES string of the molecule is CC(C)([C@H]1C[C@@H](Oc2ccc(C=O)cc2F)[C@H](O)[C@@H]1O)[N+](=O)[O-]. The van der Waals surface area contributed by atoms with Crippen LogP contribution in [0.25, 0.3) is 0 Å². The van der Waals surface area contributed by atoms with Gasteiger partial charge in [-0.3, -0.25) is 14.9 Å². The second kappa shape index (κ2) is 6.21. The fourth-order valence-electron chi connectivity index (χ4n) is 2.80. The van der Waals surface area contributed by atoms with Crippen LogP contribution in [0.3, 0.4) is 0 Å². The maximum atomic E-state index is 13.8. The summed E-state index contributed by atoms with van der Waals surface area (Å²) in [6.45, 7) is 2.71. The van der Waals surface area contributed by atoms with E-state index in [1.807, 2.05) is 0 Å². The van der Waals surface area contributed by atoms with Crippen molar-refractivity contribution in [1.29, 1.82) is 0 Å². The van der Waals surface area contributed by atoms with E-state index in [1.165, 1.54) is 26.0 Å². The number of ether oxygens (including phenoxy) is 1. The normalized spacial score (nSPS) is 27.7. The van der Waals surface area contributed by atoms with Crippen LogP contribution in [0.5, 0.6) is 5.75 Å². The van der Waals surface area contributed by atoms with Crippen LogP contribution in [0.4, 0.5) is 4.39 Å². The molecular weight excluding hydrogens is 309 g/mol. The Morgan fingerprint density at radius 3 is 2.57 bits per heavy atom. The molecule has 126 valence electrons. The Labute approximate surface area is 131 Å². The highest BCUT2D eigenvalue weighted by Crippen LogP contribution is 2.38. The lowest BCUT2D eigenvalue weighted by Crippen LogP contribution is -2.45. The van der Waals surface area contributed by atoms with E-state index in [9.17, 15) is 29.5 Å². The van der Waals surface area contributed by atoms with Gasteiger partial charge >= 0.3 is 0 Å². The van der Waals surface area contributed by atoms with Crippen LogP contribution < -0.4 is 4.74 Å². The molecule has 4 atom stereocenters. The van der Waals surface area contributed by atoms with Gasteiger partial charge in [0.1, 0.15) is 18.5 Å². The Morgan fingerprint density at radius 1 is 1.39 bits per heavy atom. The molecule has 1 aromatic rings. The highest BCUT2D eigenvalue weighted by molar-refractivity contribution is 5.74. The number of nitro groups is 1. The number of halogens is 1. The summed E-state index contributed by atoms with van der Waals surface area (Å²) >= 11 is 0. The number of rotatable bonds is 5. The summed E-state index contributed by atoms with van der Waals surface area (Å²) in [5, 5.41) is 31.2. The predicted molar refractivity (Wildman–Crippen MR) is 77.4 cm³/mol. The molecule has 8 heteroatoms. The quantitative estimate of drug-likeness (QED) is 0.477. The minimum Gasteiger partial charge on any atom is -0.485 e. The standard InChI is InChI=1S/C15H18FNO6/c1-15(2,17(21)22)9-6-12(14(20)13(9)19)23-11-4-3-8(7-18)5-10(11)16/h3-5,7,9,12-14,19-20H,6H2,1-2H3/t9-,12+,13+,14-/m0/s1. The Morgan fingerprint density at radius 2 is 2.04 bits per heavy atom. The van der Waals surface area contributed by atoms with Gasteiger partial charge in [0.25, 0.3) is 0 Å². The average Bonchev–Trinajstić information content (AvgIpc) is 2.78. The molecule has 23 heavy (non-hydrogen) atoms. The lowest BCUT2D eigenvalue weighted by Gasteiger charge is -2.25. The zero-order chi connectivity index (χ0) is 17.4. The van der Waals surface area contributed by atoms with Gasteiger partial charge in [0.15, 0.2) is 11.6 Å². The van der Waals surface area contributed by atoms with E-state index in [-0.39, 0.29) is 17.7 Å². The van der Waals surface area contributed by atoms with Crippen molar-refractivity contribution >= 4 is 6.29 Å². The number of hydrogen-bond acceptors (Lipinski definition) is 6. The van der Waals surface area contributed by atoms with Crippen molar-refractivity contribution in [3.05, 3.63) is 39.7 Å². The number of aliphatic hydroxyl groups excluding tert-OH is 2. The summed E-state index contributed by atoms with van der Waals surface area (Å²) < 4.78 is 19.2. The van der Waals surface area contributed by atoms with Gasteiger partial charge in [0.2, 0.25) is 5.54 Å². The van der Waals surface area contributed by atoms with Crippen LogP contribution in [0.2, 0.25) is 0 Å². The maximum Gasteiger partial charge on any atom is 0.222 e. The van der Waals surface area contributed by atoms with Gasteiger partial charge in [-0.1, -0.05) is 0 Å². The van der Waals surface area contributed by atoms with Crippen LogP contribution in [-0.4, -0.2) is 45.3 Å². The fraction of sp³-hybridized carbons (Fsp3) is 0.533. The zero-order valence-corrected chi connectivity index (χ0v) is 12.7. The molecule has 1 saturated carbocycles. The molecule has 0 aliphatic heterocycles. The van der Waals surface area contributed by atoms with Gasteiger partial charge in [-0.15, -0.1) is 0 Å². The van der Waals surface area contributed by atoms with Crippen LogP contribution in [0.1, 0.15) is 30.6 Å². The molecule has 0 spiro atoms. The molecule has 0 bridgehead atoms. The molecule has 0 amide bonds. The molecule has 0 aromatic heterocycles. The monoisotopic (exact) mass is 327 g/mol. The fourth-order valence-corrected chi connectivity index (χ4v) is 2.80. The first-order chi connectivity index (χ1) is 10.7. The summed E-state index contributed by atoms with van der Waals surface area (Å²) in [6.07, 6.45) is -3.21. The number of carbonyl (C=O) groups is 1. The first-order valence-corrected chi connectivity index (χ1v) is 7.10. The van der Waals surface area contributed by atoms with Crippen molar-refractivity contribution in [3.63, 3.8) is 0 Å². The molecule has 7 nitrogen and oxygen atoms in total. The molecular formula is C15H18FNO6. The van der Waals surface area contributed by atoms with Crippen molar-refractivity contribution < 1.29 is 29.1 Å². The molecule has 1 aliphatic rings. The smallest absolute Gasteiger partial charge is 0.222 e. The largest absolute Gasteiger partial charge is 0.485 e. The maximum absolute atomic E-state index is 13.8. The van der Waals surface area contributed by atoms with E-state index >= 15 is 0 Å². The molecule has 0 unspecified atom stereocenters. The van der Waals surface area contributed by atoms with Gasteiger partial charge in [0.05, 0.1) is 12.0 Å². The molecule has 0 radical (unpaired) electrons. The number of benzene rings is 1. The van der Waals surface area contributed by atoms with E-state index in [4.69, 9.17) is 4.74 Å². The molecule has 1 aromatic carbocycles. The number of carbonyl (C=O) groups excluding carboxylic acids is 1. The van der Waals surface area contributed by atoms with Crippen molar-refractivity contribution in [2.45, 2.75) is 44.1 Å². The van der Waals surface area contributed by atoms with E-state index in [0.29, 0.717) is 6.29 Å². The first-order valence-electron chi connectivity index (χ1n) is 7.10. The zero-order valence-electron chi connectivity index (χ0n) is 12.7. The lowest BCUT2D eigenvalue weighted by molar-refractivity contribution is -0.573. The average molecular weight is 327 g/mol. The van der Waals surface area contributed by atoms with Crippen LogP contribution in [0, 0.1) is 21.8 Å². The van der Waals surface area contributed by atoms with Crippen molar-refractivity contribution in [1.82, 2.24) is 0 Å². The summed E-state index contributed by atoms with van der Waals surface area (Å²) in [5.41, 5.74) is -1.33. The summed E-state index contributed by atoms with van der Waals surface area (Å²) in [4.78, 5) is 21.2. The van der Waals surface area contributed by atoms with Gasteiger partial charge in [-0.2, -0.15) is 0 Å². The van der Waals surface area contributed by atoms with Gasteiger partial charge in [-0.05, 0) is 24.6 Å². The van der Waals surface area contributed by atoms with Gasteiger partial charge in [-0.25, -0.2) is 4.39 Å². The number of aldehydes is 1. The van der Waals surface area contributed by atoms with Crippen LogP contribution in [-0.2, 0) is 0 Å². The van der Waals surface area contributed by atoms with Crippen LogP contribution >= 0.6 is 0 Å². The predicted octanol–water partition coefficient (Wildman–Crippen LogP) is 1.18. The third-order valence-electron chi connectivity index (χ3n) is 4.38. The third kappa shape index (κ3) is 3.18. The minimum atomic E-state index is -1.46. The molecule has 0 saturated heterocycles. The second-order valence-electron chi connectivity index (χ2n) is 6.20. The summed E-state index contributed by atoms with van der Waals surface area (Å²) in [7, 11) is 0. The molecule has 1 aliphatic carbocycles. The van der Waals surface area contributed by atoms with Gasteiger partial charge in [0, 0.05) is 24.3 Å². The van der Waals surface area contributed by atoms with Crippen LogP contribution in [0.15, 0.2) is 18.2 Å². The topological polar surface area (TPSA) is 110 Å². The molecule has 2 rings (SSSR count). The highest BCUT2D eigenvalue weighted by atomic mass is 19.1. The Balaban J connectivity index is 2.19. The summed E-state index contributed by atoms with van der Waals surface area (Å²) in [6, 6.07) is 3.57. The number of aliphatic hydroxyl groups is 2. The Bertz CT molecular complexity index is 620. The molecule has 0 heterocycles. The third-order valence-corrected chi connectivity index (χ3v) is 4.38. The van der Waals surface area contributed by atoms with Gasteiger partial charge < -0.3 is 14.9 Å². The summed E-state index contributed by atoms with van der Waals surface area (Å²) in [5.74, 6) is -1.81. The first kappa shape index (κ1) is 17.3. The lowest BCUT2D eigenvalue weighted by atomic mass is 9.85. The Kier molecular flexibility index (Phi) is 4.67. The van der Waals surface area contributed by atoms with E-state index in [0.717, 1.165) is 6.07 Å².